The van der Waals surface area contributed by atoms with Gasteiger partial charge in [-0.25, -0.2) is 4.36 Å². The molecule has 52 heavy (non-hydrogen) atoms. The molecule has 310 valence electrons. The summed E-state index contributed by atoms with van der Waals surface area (Å²) in [6.07, 6.45) is 15.3. The fourth-order valence-electron chi connectivity index (χ4n) is 7.25. The summed E-state index contributed by atoms with van der Waals surface area (Å²) in [6, 6.07) is -1.07. The Bertz CT molecular complexity index is 981. The normalized spacial score (nSPS) is 25.8. The number of aliphatic hydroxyl groups excluding tert-OH is 6. The molecule has 0 amide bonds. The van der Waals surface area contributed by atoms with E-state index >= 15 is 0 Å². The van der Waals surface area contributed by atoms with Gasteiger partial charge in [0.25, 0.3) is 0 Å². The Hall–Kier alpha value is -0.450. The molecule has 2 rings (SSSR count). The Labute approximate surface area is 316 Å². The Balaban J connectivity index is 1.80. The summed E-state index contributed by atoms with van der Waals surface area (Å²) in [6.45, 7) is 6.98. The predicted molar refractivity (Wildman–Crippen MR) is 209 cm³/mol. The van der Waals surface area contributed by atoms with Gasteiger partial charge in [-0.2, -0.15) is 0 Å². The highest BCUT2D eigenvalue weighted by Gasteiger charge is 2.44. The molecule has 0 saturated carbocycles. The van der Waals surface area contributed by atoms with Crippen LogP contribution in [0.4, 0.5) is 0 Å². The number of nitrogens with zero attached hydrogens (tertiary/aromatic N) is 2. The van der Waals surface area contributed by atoms with Gasteiger partial charge < -0.3 is 50.3 Å². The van der Waals surface area contributed by atoms with Crippen LogP contribution >= 0.6 is 0 Å². The molecular weight excluding hydrogens is 687 g/mol. The van der Waals surface area contributed by atoms with E-state index in [9.17, 15) is 34.8 Å². The number of ether oxygens (including phenoxy) is 2. The van der Waals surface area contributed by atoms with E-state index in [-0.39, 0.29) is 6.61 Å². The maximum absolute atomic E-state index is 13.6. The molecule has 7 N–H and O–H groups in total. The van der Waals surface area contributed by atoms with Crippen molar-refractivity contribution in [2.75, 3.05) is 57.9 Å². The van der Waals surface area contributed by atoms with E-state index in [4.69, 9.17) is 9.47 Å². The maximum atomic E-state index is 13.6. The number of unbranched alkanes of at least 4 members (excludes halogenated alkanes) is 18. The maximum Gasteiger partial charge on any atom is 0.186 e. The predicted octanol–water partition coefficient (Wildman–Crippen LogP) is 4.11. The van der Waals surface area contributed by atoms with Crippen LogP contribution < -0.4 is 5.32 Å². The second-order valence-electron chi connectivity index (χ2n) is 15.5. The summed E-state index contributed by atoms with van der Waals surface area (Å²) in [4.78, 5) is 2.54. The summed E-state index contributed by atoms with van der Waals surface area (Å²) in [5.74, 6) is 0.357. The van der Waals surface area contributed by atoms with E-state index in [0.29, 0.717) is 12.2 Å². The molecule has 0 aliphatic carbocycles. The zero-order chi connectivity index (χ0) is 38.0. The largest absolute Gasteiger partial charge is 0.394 e. The monoisotopic (exact) mass is 766 g/mol. The first-order valence-corrected chi connectivity index (χ1v) is 23.1. The van der Waals surface area contributed by atoms with Gasteiger partial charge in [0.05, 0.1) is 19.3 Å². The van der Waals surface area contributed by atoms with Gasteiger partial charge in [-0.1, -0.05) is 122 Å². The highest BCUT2D eigenvalue weighted by atomic mass is 32.2. The number of hydrogen-bond acceptors (Lipinski definition) is 12. The molecule has 0 spiro atoms. The van der Waals surface area contributed by atoms with Gasteiger partial charge in [-0.15, -0.1) is 0 Å². The smallest absolute Gasteiger partial charge is 0.186 e. The first kappa shape index (κ1) is 47.7. The van der Waals surface area contributed by atoms with E-state index in [1.807, 2.05) is 0 Å². The molecule has 0 aromatic heterocycles. The number of piperazine rings is 1. The van der Waals surface area contributed by atoms with Crippen LogP contribution in [-0.2, 0) is 19.2 Å². The van der Waals surface area contributed by atoms with Crippen LogP contribution in [0.5, 0.6) is 0 Å². The first-order valence-electron chi connectivity index (χ1n) is 21.0. The average Bonchev–Trinajstić information content (AvgIpc) is 3.14. The van der Waals surface area contributed by atoms with E-state index in [0.717, 1.165) is 77.5 Å². The van der Waals surface area contributed by atoms with Gasteiger partial charge >= 0.3 is 0 Å². The molecule has 6 unspecified atom stereocenters. The van der Waals surface area contributed by atoms with Crippen molar-refractivity contribution in [2.24, 2.45) is 4.36 Å². The van der Waals surface area contributed by atoms with Crippen LogP contribution in [0.25, 0.3) is 0 Å². The van der Waals surface area contributed by atoms with E-state index in [2.05, 4.69) is 21.5 Å². The zero-order valence-corrected chi connectivity index (χ0v) is 33.7. The fourth-order valence-corrected chi connectivity index (χ4v) is 8.85. The molecule has 0 bridgehead atoms. The van der Waals surface area contributed by atoms with Crippen molar-refractivity contribution < 1.29 is 44.3 Å². The summed E-state index contributed by atoms with van der Waals surface area (Å²) >= 11 is 0. The summed E-state index contributed by atoms with van der Waals surface area (Å²) in [7, 11) is -2.74. The van der Waals surface area contributed by atoms with Crippen LogP contribution in [0.1, 0.15) is 142 Å². The third-order valence-corrected chi connectivity index (χ3v) is 12.5. The van der Waals surface area contributed by atoms with Gasteiger partial charge in [0.2, 0.25) is 0 Å². The second-order valence-corrected chi connectivity index (χ2v) is 18.1. The molecule has 12 nitrogen and oxygen atoms in total. The highest BCUT2D eigenvalue weighted by molar-refractivity contribution is 7.92. The minimum absolute atomic E-state index is 0.334. The lowest BCUT2D eigenvalue weighted by atomic mass is 9.99. The van der Waals surface area contributed by atoms with Gasteiger partial charge in [0.1, 0.15) is 36.6 Å². The Kier molecular flexibility index (Phi) is 26.5. The molecule has 2 heterocycles. The molecule has 13 heteroatoms. The molecule has 2 fully saturated rings. The van der Waals surface area contributed by atoms with Gasteiger partial charge in [0.15, 0.2) is 6.29 Å². The molecule has 2 aliphatic heterocycles. The molecule has 2 aliphatic rings. The minimum Gasteiger partial charge on any atom is -0.394 e. The number of aliphatic hydroxyl groups is 6. The van der Waals surface area contributed by atoms with Crippen molar-refractivity contribution in [3.63, 3.8) is 0 Å². The summed E-state index contributed by atoms with van der Waals surface area (Å²) < 4.78 is 29.3. The van der Waals surface area contributed by atoms with E-state index in [1.165, 1.54) is 83.6 Å². The van der Waals surface area contributed by atoms with Crippen LogP contribution in [0.2, 0.25) is 0 Å². The van der Waals surface area contributed by atoms with Gasteiger partial charge in [0, 0.05) is 47.9 Å². The van der Waals surface area contributed by atoms with E-state index < -0.39 is 65.3 Å². The minimum atomic E-state index is -2.74. The Morgan fingerprint density at radius 2 is 1.29 bits per heavy atom. The topological polar surface area (TPSA) is 185 Å². The first-order chi connectivity index (χ1) is 25.1. The molecule has 0 aromatic carbocycles. The Morgan fingerprint density at radius 1 is 0.769 bits per heavy atom. The molecule has 0 aromatic rings. The summed E-state index contributed by atoms with van der Waals surface area (Å²) in [5.41, 5.74) is 0. The lowest BCUT2D eigenvalue weighted by Crippen LogP contribution is -2.59. The van der Waals surface area contributed by atoms with Crippen LogP contribution in [0.3, 0.4) is 0 Å². The molecule has 2 saturated heterocycles. The molecular formula is C39H79N3O9S. The van der Waals surface area contributed by atoms with Crippen molar-refractivity contribution >= 4 is 9.73 Å². The SMILES string of the molecule is CCCCCCCCCCCCCC[C@@H](O)[C@@H](O)[C@H](COC1OC(CO)C(O)C(O)C1O)N=S(C)(=O)CCCCCCCCCCN1CCNCC1. The van der Waals surface area contributed by atoms with Crippen LogP contribution in [-0.4, -0.2) is 147 Å². The van der Waals surface area contributed by atoms with Crippen molar-refractivity contribution in [3.05, 3.63) is 0 Å². The van der Waals surface area contributed by atoms with Crippen molar-refractivity contribution in [2.45, 2.75) is 191 Å². The van der Waals surface area contributed by atoms with Crippen molar-refractivity contribution in [3.8, 4) is 0 Å². The molecule has 9 atom stereocenters. The molecule has 0 radical (unpaired) electrons. The van der Waals surface area contributed by atoms with E-state index in [1.54, 1.807) is 6.26 Å². The Morgan fingerprint density at radius 3 is 1.85 bits per heavy atom. The number of nitrogens with one attached hydrogen (secondary N) is 1. The lowest BCUT2D eigenvalue weighted by Gasteiger charge is -2.40. The third-order valence-electron chi connectivity index (χ3n) is 10.7. The summed E-state index contributed by atoms with van der Waals surface area (Å²) in [5, 5.41) is 65.9. The average molecular weight is 766 g/mol. The van der Waals surface area contributed by atoms with Crippen LogP contribution in [0.15, 0.2) is 4.36 Å². The second kappa shape index (κ2) is 28.9. The highest BCUT2D eigenvalue weighted by Crippen LogP contribution is 2.24. The van der Waals surface area contributed by atoms with Crippen LogP contribution in [0, 0.1) is 0 Å². The number of rotatable bonds is 31. The zero-order valence-electron chi connectivity index (χ0n) is 32.8. The van der Waals surface area contributed by atoms with Crippen molar-refractivity contribution in [1.82, 2.24) is 10.2 Å². The quantitative estimate of drug-likeness (QED) is 0.0505. The van der Waals surface area contributed by atoms with Gasteiger partial charge in [-0.05, 0) is 25.8 Å². The third kappa shape index (κ3) is 20.5. The number of hydrogen-bond donors (Lipinski definition) is 7. The standard InChI is InChI=1S/C39H79N3O9S/c1-3-4-5-6-7-8-9-10-11-14-17-20-23-33(44)35(45)32(31-50-39-38(48)37(47)36(46)34(30-43)51-39)41-52(2,49)29-22-19-16-13-12-15-18-21-26-42-27-24-40-25-28-42/h32-40,43-48H,3-31H2,1-2H3/t32-,33+,34?,35-,36?,37?,38?,39?,52?/m0/s1. The lowest BCUT2D eigenvalue weighted by molar-refractivity contribution is -0.302. The van der Waals surface area contributed by atoms with Crippen molar-refractivity contribution in [1.29, 1.82) is 0 Å². The van der Waals surface area contributed by atoms with Gasteiger partial charge in [-0.3, -0.25) is 4.21 Å². The fraction of sp³-hybridized carbons (Fsp3) is 1.00.